The molecule has 0 spiro atoms. The summed E-state index contributed by atoms with van der Waals surface area (Å²) in [5.41, 5.74) is 3.95. The number of halogens is 1. The van der Waals surface area contributed by atoms with Gasteiger partial charge in [0.25, 0.3) is 0 Å². The molecule has 0 radical (unpaired) electrons. The van der Waals surface area contributed by atoms with Crippen LogP contribution in [-0.4, -0.2) is 13.0 Å². The predicted octanol–water partition coefficient (Wildman–Crippen LogP) is 3.91. The minimum atomic E-state index is -0.122. The van der Waals surface area contributed by atoms with E-state index in [0.29, 0.717) is 18.0 Å². The highest BCUT2D eigenvalue weighted by Gasteiger charge is 2.06. The molecule has 5 heteroatoms. The van der Waals surface area contributed by atoms with Gasteiger partial charge in [-0.3, -0.25) is 4.79 Å². The number of carbonyl (C=O) groups excluding carboxylic acids is 1. The molecule has 2 N–H and O–H groups in total. The lowest BCUT2D eigenvalue weighted by atomic mass is 10.1. The van der Waals surface area contributed by atoms with E-state index in [2.05, 4.69) is 16.7 Å². The lowest BCUT2D eigenvalue weighted by molar-refractivity contribution is -0.114. The number of anilines is 1. The Morgan fingerprint density at radius 1 is 1.13 bits per heavy atom. The number of amides is 1. The topological polar surface area (TPSA) is 50.4 Å². The second kappa shape index (κ2) is 7.99. The number of ether oxygens (including phenoxy) is 1. The van der Waals surface area contributed by atoms with E-state index < -0.39 is 0 Å². The second-order valence-electron chi connectivity index (χ2n) is 5.40. The third-order valence-corrected chi connectivity index (χ3v) is 3.88. The molecular weight excluding hydrogens is 312 g/mol. The van der Waals surface area contributed by atoms with Crippen LogP contribution in [0.3, 0.4) is 0 Å². The summed E-state index contributed by atoms with van der Waals surface area (Å²) >= 11 is 6.13. The summed E-state index contributed by atoms with van der Waals surface area (Å²) in [4.78, 5) is 11.3. The fourth-order valence-corrected chi connectivity index (χ4v) is 2.45. The van der Waals surface area contributed by atoms with Gasteiger partial charge in [0.05, 0.1) is 12.8 Å². The van der Waals surface area contributed by atoms with Crippen LogP contribution in [0.1, 0.15) is 23.6 Å². The van der Waals surface area contributed by atoms with E-state index in [1.165, 1.54) is 6.92 Å². The minimum absolute atomic E-state index is 0.122. The Morgan fingerprint density at radius 2 is 1.78 bits per heavy atom. The zero-order valence-electron chi connectivity index (χ0n) is 13.6. The molecule has 0 unspecified atom stereocenters. The molecule has 0 aromatic heterocycles. The number of benzene rings is 2. The van der Waals surface area contributed by atoms with Crippen LogP contribution < -0.4 is 15.4 Å². The van der Waals surface area contributed by atoms with Crippen molar-refractivity contribution in [2.45, 2.75) is 26.9 Å². The third kappa shape index (κ3) is 4.98. The zero-order chi connectivity index (χ0) is 16.8. The van der Waals surface area contributed by atoms with Crippen molar-refractivity contribution < 1.29 is 9.53 Å². The molecule has 2 aromatic carbocycles. The van der Waals surface area contributed by atoms with Crippen LogP contribution in [0.4, 0.5) is 5.69 Å². The number of hydrogen-bond donors (Lipinski definition) is 2. The second-order valence-corrected chi connectivity index (χ2v) is 5.81. The first-order valence-corrected chi connectivity index (χ1v) is 7.77. The van der Waals surface area contributed by atoms with Gasteiger partial charge in [-0.15, -0.1) is 0 Å². The lowest BCUT2D eigenvalue weighted by Gasteiger charge is -2.12. The summed E-state index contributed by atoms with van der Waals surface area (Å²) in [6.07, 6.45) is 0. The van der Waals surface area contributed by atoms with Crippen molar-refractivity contribution in [2.24, 2.45) is 0 Å². The minimum Gasteiger partial charge on any atom is -0.495 e. The van der Waals surface area contributed by atoms with Crippen LogP contribution in [-0.2, 0) is 17.9 Å². The standard InChI is InChI=1S/C18H21ClN2O2/c1-12-4-5-14(8-16(12)19)10-20-11-15-6-7-18(23-3)17(9-15)21-13(2)22/h4-9,20H,10-11H2,1-3H3,(H,21,22). The molecule has 0 fully saturated rings. The molecule has 0 bridgehead atoms. The van der Waals surface area contributed by atoms with E-state index in [-0.39, 0.29) is 5.91 Å². The number of aryl methyl sites for hydroxylation is 1. The van der Waals surface area contributed by atoms with Crippen LogP contribution in [0, 0.1) is 6.92 Å². The molecule has 0 aliphatic rings. The lowest BCUT2D eigenvalue weighted by Crippen LogP contribution is -2.13. The van der Waals surface area contributed by atoms with E-state index in [9.17, 15) is 4.79 Å². The predicted molar refractivity (Wildman–Crippen MR) is 94.0 cm³/mol. The SMILES string of the molecule is COc1ccc(CNCc2ccc(C)c(Cl)c2)cc1NC(C)=O. The van der Waals surface area contributed by atoms with Gasteiger partial charge in [-0.25, -0.2) is 0 Å². The van der Waals surface area contributed by atoms with Gasteiger partial charge < -0.3 is 15.4 Å². The molecule has 0 saturated heterocycles. The van der Waals surface area contributed by atoms with E-state index in [1.54, 1.807) is 7.11 Å². The Hall–Kier alpha value is -2.04. The van der Waals surface area contributed by atoms with Crippen molar-refractivity contribution >= 4 is 23.2 Å². The molecule has 2 aromatic rings. The van der Waals surface area contributed by atoms with Crippen LogP contribution in [0.25, 0.3) is 0 Å². The van der Waals surface area contributed by atoms with Gasteiger partial charge in [0.15, 0.2) is 0 Å². The molecule has 122 valence electrons. The van der Waals surface area contributed by atoms with E-state index in [0.717, 1.165) is 28.3 Å². The Kier molecular flexibility index (Phi) is 6.02. The quantitative estimate of drug-likeness (QED) is 0.843. The Morgan fingerprint density at radius 3 is 2.39 bits per heavy atom. The highest BCUT2D eigenvalue weighted by molar-refractivity contribution is 6.31. The molecule has 0 aliphatic carbocycles. The van der Waals surface area contributed by atoms with E-state index >= 15 is 0 Å². The largest absolute Gasteiger partial charge is 0.495 e. The van der Waals surface area contributed by atoms with E-state index in [4.69, 9.17) is 16.3 Å². The summed E-state index contributed by atoms with van der Waals surface area (Å²) in [5, 5.41) is 6.93. The first-order chi connectivity index (χ1) is 11.0. The molecule has 0 heterocycles. The average Bonchev–Trinajstić information content (AvgIpc) is 2.50. The third-order valence-electron chi connectivity index (χ3n) is 3.47. The van der Waals surface area contributed by atoms with Gasteiger partial charge in [0, 0.05) is 25.0 Å². The summed E-state index contributed by atoms with van der Waals surface area (Å²) in [6, 6.07) is 11.8. The molecule has 4 nitrogen and oxygen atoms in total. The fraction of sp³-hybridized carbons (Fsp3) is 0.278. The first-order valence-electron chi connectivity index (χ1n) is 7.40. The fourth-order valence-electron chi connectivity index (χ4n) is 2.25. The van der Waals surface area contributed by atoms with Crippen molar-refractivity contribution in [3.05, 3.63) is 58.1 Å². The first kappa shape index (κ1) is 17.3. The van der Waals surface area contributed by atoms with Crippen molar-refractivity contribution in [3.63, 3.8) is 0 Å². The van der Waals surface area contributed by atoms with Crippen LogP contribution >= 0.6 is 11.6 Å². The van der Waals surface area contributed by atoms with Gasteiger partial charge in [0.2, 0.25) is 5.91 Å². The molecule has 0 atom stereocenters. The van der Waals surface area contributed by atoms with Gasteiger partial charge in [-0.05, 0) is 41.8 Å². The molecule has 1 amide bonds. The number of carbonyl (C=O) groups is 1. The maximum atomic E-state index is 11.3. The summed E-state index contributed by atoms with van der Waals surface area (Å²) < 4.78 is 5.25. The van der Waals surface area contributed by atoms with Gasteiger partial charge in [-0.2, -0.15) is 0 Å². The molecule has 23 heavy (non-hydrogen) atoms. The number of nitrogens with one attached hydrogen (secondary N) is 2. The maximum Gasteiger partial charge on any atom is 0.221 e. The summed E-state index contributed by atoms with van der Waals surface area (Å²) in [5.74, 6) is 0.525. The normalized spacial score (nSPS) is 10.4. The highest BCUT2D eigenvalue weighted by atomic mass is 35.5. The summed E-state index contributed by atoms with van der Waals surface area (Å²) in [6.45, 7) is 4.87. The number of methoxy groups -OCH3 is 1. The zero-order valence-corrected chi connectivity index (χ0v) is 14.3. The monoisotopic (exact) mass is 332 g/mol. The molecule has 0 saturated carbocycles. The molecule has 2 rings (SSSR count). The van der Waals surface area contributed by atoms with Gasteiger partial charge >= 0.3 is 0 Å². The van der Waals surface area contributed by atoms with Crippen molar-refractivity contribution in [3.8, 4) is 5.75 Å². The Balaban J connectivity index is 1.99. The maximum absolute atomic E-state index is 11.3. The number of hydrogen-bond acceptors (Lipinski definition) is 3. The average molecular weight is 333 g/mol. The Labute approximate surface area is 141 Å². The van der Waals surface area contributed by atoms with Crippen molar-refractivity contribution in [1.82, 2.24) is 5.32 Å². The van der Waals surface area contributed by atoms with Crippen LogP contribution in [0.2, 0.25) is 5.02 Å². The Bertz CT molecular complexity index is 701. The number of rotatable bonds is 6. The van der Waals surface area contributed by atoms with Crippen LogP contribution in [0.15, 0.2) is 36.4 Å². The van der Waals surface area contributed by atoms with E-state index in [1.807, 2.05) is 37.3 Å². The van der Waals surface area contributed by atoms with Crippen molar-refractivity contribution in [2.75, 3.05) is 12.4 Å². The molecule has 0 aliphatic heterocycles. The van der Waals surface area contributed by atoms with Crippen LogP contribution in [0.5, 0.6) is 5.75 Å². The summed E-state index contributed by atoms with van der Waals surface area (Å²) in [7, 11) is 1.58. The highest BCUT2D eigenvalue weighted by Crippen LogP contribution is 2.25. The van der Waals surface area contributed by atoms with Gasteiger partial charge in [-0.1, -0.05) is 29.8 Å². The van der Waals surface area contributed by atoms with Crippen molar-refractivity contribution in [1.29, 1.82) is 0 Å². The molecular formula is C18H21ClN2O2. The van der Waals surface area contributed by atoms with Gasteiger partial charge in [0.1, 0.15) is 5.75 Å². The smallest absolute Gasteiger partial charge is 0.221 e.